The van der Waals surface area contributed by atoms with Gasteiger partial charge in [-0.05, 0) is 37.1 Å². The summed E-state index contributed by atoms with van der Waals surface area (Å²) < 4.78 is 29.5. The van der Waals surface area contributed by atoms with Gasteiger partial charge in [-0.25, -0.2) is 8.42 Å². The number of sulfone groups is 1. The van der Waals surface area contributed by atoms with Crippen molar-refractivity contribution in [1.29, 1.82) is 0 Å². The Morgan fingerprint density at radius 2 is 1.85 bits per heavy atom. The van der Waals surface area contributed by atoms with E-state index in [1.807, 2.05) is 29.2 Å². The van der Waals surface area contributed by atoms with E-state index in [4.69, 9.17) is 4.74 Å². The molecule has 6 nitrogen and oxygen atoms in total. The number of ether oxygens (including phenoxy) is 1. The average Bonchev–Trinajstić information content (AvgIpc) is 3.13. The summed E-state index contributed by atoms with van der Waals surface area (Å²) in [5.41, 5.74) is 0.850. The summed E-state index contributed by atoms with van der Waals surface area (Å²) in [5.74, 6) is 0.934. The third-order valence-corrected chi connectivity index (χ3v) is 8.79. The van der Waals surface area contributed by atoms with Crippen LogP contribution in [0.2, 0.25) is 0 Å². The van der Waals surface area contributed by atoms with Gasteiger partial charge in [-0.2, -0.15) is 4.99 Å². The van der Waals surface area contributed by atoms with Crippen LogP contribution in [0.1, 0.15) is 32.1 Å². The lowest BCUT2D eigenvalue weighted by Gasteiger charge is -2.25. The number of anilines is 1. The Labute approximate surface area is 164 Å². The van der Waals surface area contributed by atoms with Crippen molar-refractivity contribution in [1.82, 2.24) is 0 Å². The summed E-state index contributed by atoms with van der Waals surface area (Å²) in [6.07, 6.45) is 5.17. The SMILES string of the molecule is COc1ccc(N2C(=NC(=O)C3CCCCC3)S[C@@H]3CS(=O)(=O)C[C@@H]32)cc1. The van der Waals surface area contributed by atoms with E-state index < -0.39 is 9.84 Å². The maximum atomic E-state index is 12.7. The Morgan fingerprint density at radius 1 is 1.15 bits per heavy atom. The van der Waals surface area contributed by atoms with Crippen molar-refractivity contribution in [3.05, 3.63) is 24.3 Å². The molecule has 27 heavy (non-hydrogen) atoms. The molecule has 3 aliphatic rings. The molecule has 0 N–H and O–H groups in total. The number of carbonyl (C=O) groups is 1. The Kier molecular flexibility index (Phi) is 5.20. The molecule has 1 aromatic carbocycles. The molecule has 1 saturated carbocycles. The second-order valence-corrected chi connectivity index (χ2v) is 10.8. The zero-order valence-corrected chi connectivity index (χ0v) is 17.0. The van der Waals surface area contributed by atoms with Crippen LogP contribution in [0, 0.1) is 5.92 Å². The van der Waals surface area contributed by atoms with Crippen LogP contribution in [-0.2, 0) is 14.6 Å². The molecule has 2 atom stereocenters. The quantitative estimate of drug-likeness (QED) is 0.765. The van der Waals surface area contributed by atoms with Gasteiger partial charge in [-0.3, -0.25) is 4.79 Å². The molecule has 4 rings (SSSR count). The van der Waals surface area contributed by atoms with E-state index in [0.29, 0.717) is 5.17 Å². The number of benzene rings is 1. The van der Waals surface area contributed by atoms with Crippen molar-refractivity contribution in [2.24, 2.45) is 10.9 Å². The number of amidine groups is 1. The molecule has 146 valence electrons. The zero-order valence-electron chi connectivity index (χ0n) is 15.3. The first-order valence-electron chi connectivity index (χ1n) is 9.40. The number of thioether (sulfide) groups is 1. The number of rotatable bonds is 3. The minimum atomic E-state index is -3.06. The Bertz CT molecular complexity index is 845. The fourth-order valence-electron chi connectivity index (χ4n) is 4.14. The molecule has 1 aromatic rings. The molecule has 3 fully saturated rings. The van der Waals surface area contributed by atoms with Crippen molar-refractivity contribution >= 4 is 38.4 Å². The predicted octanol–water partition coefficient (Wildman–Crippen LogP) is 2.88. The Balaban J connectivity index is 1.64. The number of methoxy groups -OCH3 is 1. The summed E-state index contributed by atoms with van der Waals surface area (Å²) >= 11 is 1.43. The highest BCUT2D eigenvalue weighted by Crippen LogP contribution is 2.41. The lowest BCUT2D eigenvalue weighted by Crippen LogP contribution is -2.38. The molecule has 0 spiro atoms. The molecule has 2 saturated heterocycles. The van der Waals surface area contributed by atoms with Gasteiger partial charge in [-0.1, -0.05) is 31.0 Å². The summed E-state index contributed by atoms with van der Waals surface area (Å²) in [6, 6.07) is 7.31. The normalized spacial score (nSPS) is 29.1. The van der Waals surface area contributed by atoms with E-state index in [2.05, 4.69) is 4.99 Å². The highest BCUT2D eigenvalue weighted by molar-refractivity contribution is 8.16. The van der Waals surface area contributed by atoms with Crippen LogP contribution in [0.25, 0.3) is 0 Å². The fourth-order valence-corrected chi connectivity index (χ4v) is 8.06. The first-order chi connectivity index (χ1) is 13.0. The average molecular weight is 409 g/mol. The van der Waals surface area contributed by atoms with E-state index in [1.54, 1.807) is 7.11 Å². The first kappa shape index (κ1) is 18.8. The smallest absolute Gasteiger partial charge is 0.251 e. The van der Waals surface area contributed by atoms with Crippen LogP contribution >= 0.6 is 11.8 Å². The van der Waals surface area contributed by atoms with Gasteiger partial charge in [0.25, 0.3) is 5.91 Å². The van der Waals surface area contributed by atoms with Crippen LogP contribution in [0.5, 0.6) is 5.75 Å². The highest BCUT2D eigenvalue weighted by Gasteiger charge is 2.49. The van der Waals surface area contributed by atoms with Gasteiger partial charge in [0.2, 0.25) is 0 Å². The number of hydrogen-bond donors (Lipinski definition) is 0. The third-order valence-electron chi connectivity index (χ3n) is 5.58. The molecular weight excluding hydrogens is 384 g/mol. The zero-order chi connectivity index (χ0) is 19.0. The van der Waals surface area contributed by atoms with Crippen LogP contribution in [-0.4, -0.2) is 49.4 Å². The van der Waals surface area contributed by atoms with Crippen LogP contribution in [0.4, 0.5) is 5.69 Å². The number of hydrogen-bond acceptors (Lipinski definition) is 5. The molecule has 2 aliphatic heterocycles. The van der Waals surface area contributed by atoms with Crippen molar-refractivity contribution in [2.45, 2.75) is 43.4 Å². The van der Waals surface area contributed by atoms with Crippen LogP contribution in [0.3, 0.4) is 0 Å². The summed E-state index contributed by atoms with van der Waals surface area (Å²) in [6.45, 7) is 0. The molecule has 0 bridgehead atoms. The van der Waals surface area contributed by atoms with E-state index in [-0.39, 0.29) is 34.6 Å². The number of aliphatic imine (C=N–C) groups is 1. The molecular formula is C19H24N2O4S2. The van der Waals surface area contributed by atoms with Crippen molar-refractivity contribution in [3.63, 3.8) is 0 Å². The molecule has 0 radical (unpaired) electrons. The molecule has 8 heteroatoms. The lowest BCUT2D eigenvalue weighted by molar-refractivity contribution is -0.122. The van der Waals surface area contributed by atoms with E-state index in [0.717, 1.165) is 37.1 Å². The lowest BCUT2D eigenvalue weighted by atomic mass is 9.89. The van der Waals surface area contributed by atoms with Gasteiger partial charge in [0.1, 0.15) is 5.75 Å². The summed E-state index contributed by atoms with van der Waals surface area (Å²) in [7, 11) is -1.45. The number of fused-ring (bicyclic) bond motifs is 1. The first-order valence-corrected chi connectivity index (χ1v) is 12.1. The highest BCUT2D eigenvalue weighted by atomic mass is 32.2. The van der Waals surface area contributed by atoms with Crippen molar-refractivity contribution in [2.75, 3.05) is 23.5 Å². The maximum Gasteiger partial charge on any atom is 0.251 e. The molecule has 0 aromatic heterocycles. The predicted molar refractivity (Wildman–Crippen MR) is 108 cm³/mol. The molecule has 2 heterocycles. The molecule has 1 amide bonds. The van der Waals surface area contributed by atoms with E-state index in [1.165, 1.54) is 18.2 Å². The summed E-state index contributed by atoms with van der Waals surface area (Å²) in [4.78, 5) is 19.1. The van der Waals surface area contributed by atoms with Gasteiger partial charge in [0.05, 0.1) is 24.7 Å². The monoisotopic (exact) mass is 408 g/mol. The van der Waals surface area contributed by atoms with Gasteiger partial charge in [-0.15, -0.1) is 0 Å². The van der Waals surface area contributed by atoms with Crippen LogP contribution in [0.15, 0.2) is 29.3 Å². The second kappa shape index (κ2) is 7.47. The second-order valence-electron chi connectivity index (χ2n) is 7.44. The third kappa shape index (κ3) is 3.87. The standard InChI is InChI=1S/C19H24N2O4S2/c1-25-15-9-7-14(8-10-15)21-16-11-27(23,24)12-17(16)26-19(21)20-18(22)13-5-3-2-4-6-13/h7-10,13,16-17H,2-6,11-12H2,1H3/t16-,17+/m0/s1. The van der Waals surface area contributed by atoms with Gasteiger partial charge in [0.15, 0.2) is 15.0 Å². The van der Waals surface area contributed by atoms with Gasteiger partial charge < -0.3 is 9.64 Å². The van der Waals surface area contributed by atoms with Gasteiger partial charge >= 0.3 is 0 Å². The number of amides is 1. The Morgan fingerprint density at radius 3 is 2.52 bits per heavy atom. The van der Waals surface area contributed by atoms with Crippen molar-refractivity contribution in [3.8, 4) is 5.75 Å². The largest absolute Gasteiger partial charge is 0.497 e. The molecule has 0 unspecified atom stereocenters. The van der Waals surface area contributed by atoms with E-state index >= 15 is 0 Å². The fraction of sp³-hybridized carbons (Fsp3) is 0.579. The minimum absolute atomic E-state index is 0.00809. The van der Waals surface area contributed by atoms with E-state index in [9.17, 15) is 13.2 Å². The maximum absolute atomic E-state index is 12.7. The topological polar surface area (TPSA) is 76.0 Å². The van der Waals surface area contributed by atoms with Crippen LogP contribution < -0.4 is 9.64 Å². The van der Waals surface area contributed by atoms with Crippen molar-refractivity contribution < 1.29 is 17.9 Å². The number of carbonyl (C=O) groups excluding carboxylic acids is 1. The molecule has 1 aliphatic carbocycles. The number of nitrogens with zero attached hydrogens (tertiary/aromatic N) is 2. The van der Waals surface area contributed by atoms with Gasteiger partial charge in [0, 0.05) is 16.9 Å². The minimum Gasteiger partial charge on any atom is -0.497 e. The summed E-state index contributed by atoms with van der Waals surface area (Å²) in [5, 5.41) is 0.565. The Hall–Kier alpha value is -1.54.